The number of benzene rings is 1. The quantitative estimate of drug-likeness (QED) is 0.545. The van der Waals surface area contributed by atoms with E-state index in [1.807, 2.05) is 22.8 Å². The van der Waals surface area contributed by atoms with E-state index in [2.05, 4.69) is 17.3 Å². The number of hydrogen-bond acceptors (Lipinski definition) is 7. The molecule has 0 amide bonds. The summed E-state index contributed by atoms with van der Waals surface area (Å²) in [5.74, 6) is 4.14. The lowest BCUT2D eigenvalue weighted by Crippen LogP contribution is -2.11. The van der Waals surface area contributed by atoms with E-state index >= 15 is 0 Å². The number of aromatic nitrogens is 4. The first-order valence-corrected chi connectivity index (χ1v) is 10.4. The smallest absolute Gasteiger partial charge is 0.227 e. The van der Waals surface area contributed by atoms with E-state index in [9.17, 15) is 0 Å². The van der Waals surface area contributed by atoms with E-state index in [4.69, 9.17) is 24.2 Å². The lowest BCUT2D eigenvalue weighted by molar-refractivity contribution is 0.324. The molecule has 3 aromatic rings. The third-order valence-electron chi connectivity index (χ3n) is 5.34. The minimum Gasteiger partial charge on any atom is -0.493 e. The predicted molar refractivity (Wildman–Crippen MR) is 115 cm³/mol. The standard InChI is InChI=1S/C22H29N5O3/c1-5-6-19-25-21-16(9-14-7-8-14)13-24-27(21)22(26-19)23-12-15-10-17(28-2)20(30-4)18(11-15)29-3/h10-11,13-14H,5-9,12H2,1-4H3,(H,23,25,26). The molecule has 1 aromatic carbocycles. The van der Waals surface area contributed by atoms with Crippen LogP contribution in [0.2, 0.25) is 0 Å². The van der Waals surface area contributed by atoms with E-state index in [0.29, 0.717) is 29.7 Å². The number of fused-ring (bicyclic) bond motifs is 1. The predicted octanol–water partition coefficient (Wildman–Crippen LogP) is 3.67. The summed E-state index contributed by atoms with van der Waals surface area (Å²) in [5, 5.41) is 7.99. The van der Waals surface area contributed by atoms with Crippen LogP contribution in [0.5, 0.6) is 17.2 Å². The van der Waals surface area contributed by atoms with Crippen molar-refractivity contribution < 1.29 is 14.2 Å². The van der Waals surface area contributed by atoms with Crippen molar-refractivity contribution in [3.8, 4) is 17.2 Å². The molecule has 0 atom stereocenters. The van der Waals surface area contributed by atoms with Gasteiger partial charge in [-0.1, -0.05) is 6.92 Å². The van der Waals surface area contributed by atoms with Gasteiger partial charge in [-0.2, -0.15) is 14.6 Å². The van der Waals surface area contributed by atoms with Gasteiger partial charge < -0.3 is 19.5 Å². The largest absolute Gasteiger partial charge is 0.493 e. The van der Waals surface area contributed by atoms with Crippen LogP contribution in [0.15, 0.2) is 18.3 Å². The van der Waals surface area contributed by atoms with Crippen LogP contribution in [-0.2, 0) is 19.4 Å². The molecular weight excluding hydrogens is 382 g/mol. The molecule has 1 saturated carbocycles. The zero-order valence-electron chi connectivity index (χ0n) is 18.1. The Balaban J connectivity index is 1.64. The van der Waals surface area contributed by atoms with Gasteiger partial charge in [0, 0.05) is 18.5 Å². The van der Waals surface area contributed by atoms with Gasteiger partial charge in [0.15, 0.2) is 17.1 Å². The highest BCUT2D eigenvalue weighted by Crippen LogP contribution is 2.38. The van der Waals surface area contributed by atoms with E-state index < -0.39 is 0 Å². The van der Waals surface area contributed by atoms with Crippen LogP contribution in [-0.4, -0.2) is 40.9 Å². The molecule has 2 heterocycles. The van der Waals surface area contributed by atoms with Gasteiger partial charge in [-0.05, 0) is 49.3 Å². The van der Waals surface area contributed by atoms with Gasteiger partial charge in [0.2, 0.25) is 11.7 Å². The Bertz CT molecular complexity index is 1000. The Labute approximate surface area is 176 Å². The zero-order valence-corrected chi connectivity index (χ0v) is 18.1. The first-order valence-electron chi connectivity index (χ1n) is 10.4. The second kappa shape index (κ2) is 8.77. The van der Waals surface area contributed by atoms with Gasteiger partial charge in [-0.3, -0.25) is 0 Å². The summed E-state index contributed by atoms with van der Waals surface area (Å²) >= 11 is 0. The van der Waals surface area contributed by atoms with E-state index in [1.54, 1.807) is 21.3 Å². The number of aryl methyl sites for hydroxylation is 1. The Morgan fingerprint density at radius 3 is 2.40 bits per heavy atom. The highest BCUT2D eigenvalue weighted by atomic mass is 16.5. The van der Waals surface area contributed by atoms with Crippen molar-refractivity contribution in [3.63, 3.8) is 0 Å². The molecule has 2 aromatic heterocycles. The van der Waals surface area contributed by atoms with Gasteiger partial charge >= 0.3 is 0 Å². The SMILES string of the molecule is CCCc1nc(NCc2cc(OC)c(OC)c(OC)c2)n2ncc(CC3CC3)c2n1. The van der Waals surface area contributed by atoms with Gasteiger partial charge in [0.05, 0.1) is 27.5 Å². The monoisotopic (exact) mass is 411 g/mol. The fraction of sp³-hybridized carbons (Fsp3) is 0.500. The molecule has 8 nitrogen and oxygen atoms in total. The number of nitrogens with zero attached hydrogens (tertiary/aromatic N) is 4. The Hall–Kier alpha value is -3.03. The molecule has 160 valence electrons. The number of nitrogens with one attached hydrogen (secondary N) is 1. The average molecular weight is 412 g/mol. The summed E-state index contributed by atoms with van der Waals surface area (Å²) in [6.45, 7) is 2.67. The Morgan fingerprint density at radius 1 is 1.07 bits per heavy atom. The molecule has 1 aliphatic rings. The fourth-order valence-corrected chi connectivity index (χ4v) is 3.61. The summed E-state index contributed by atoms with van der Waals surface area (Å²) in [6.07, 6.45) is 7.41. The second-order valence-corrected chi connectivity index (χ2v) is 7.65. The van der Waals surface area contributed by atoms with E-state index in [-0.39, 0.29) is 0 Å². The first-order chi connectivity index (χ1) is 14.7. The lowest BCUT2D eigenvalue weighted by Gasteiger charge is -2.15. The van der Waals surface area contributed by atoms with Crippen LogP contribution in [0.1, 0.15) is 43.1 Å². The number of hydrogen-bond donors (Lipinski definition) is 1. The van der Waals surface area contributed by atoms with Crippen LogP contribution in [0, 0.1) is 5.92 Å². The number of anilines is 1. The Kier molecular flexibility index (Phi) is 5.92. The molecule has 0 aliphatic heterocycles. The topological polar surface area (TPSA) is 82.8 Å². The molecule has 1 fully saturated rings. The molecule has 30 heavy (non-hydrogen) atoms. The normalized spacial score (nSPS) is 13.5. The van der Waals surface area contributed by atoms with Crippen LogP contribution >= 0.6 is 0 Å². The van der Waals surface area contributed by atoms with Gasteiger partial charge in [-0.25, -0.2) is 4.98 Å². The van der Waals surface area contributed by atoms with Crippen molar-refractivity contribution in [3.05, 3.63) is 35.3 Å². The summed E-state index contributed by atoms with van der Waals surface area (Å²) in [6, 6.07) is 3.86. The second-order valence-electron chi connectivity index (χ2n) is 7.65. The summed E-state index contributed by atoms with van der Waals surface area (Å²) < 4.78 is 18.2. The molecule has 0 bridgehead atoms. The molecule has 1 N–H and O–H groups in total. The molecule has 0 radical (unpaired) electrons. The van der Waals surface area contributed by atoms with Gasteiger partial charge in [-0.15, -0.1) is 0 Å². The highest BCUT2D eigenvalue weighted by molar-refractivity contribution is 5.55. The van der Waals surface area contributed by atoms with Gasteiger partial charge in [0.25, 0.3) is 0 Å². The maximum atomic E-state index is 5.46. The van der Waals surface area contributed by atoms with Crippen molar-refractivity contribution >= 4 is 11.6 Å². The van der Waals surface area contributed by atoms with Crippen molar-refractivity contribution in [2.24, 2.45) is 5.92 Å². The third-order valence-corrected chi connectivity index (χ3v) is 5.34. The van der Waals surface area contributed by atoms with Crippen molar-refractivity contribution in [1.82, 2.24) is 19.6 Å². The summed E-state index contributed by atoms with van der Waals surface area (Å²) in [7, 11) is 4.83. The maximum Gasteiger partial charge on any atom is 0.227 e. The molecule has 0 saturated heterocycles. The van der Waals surface area contributed by atoms with Crippen LogP contribution in [0.3, 0.4) is 0 Å². The molecule has 1 aliphatic carbocycles. The maximum absolute atomic E-state index is 5.46. The zero-order chi connectivity index (χ0) is 21.1. The molecule has 0 unspecified atom stereocenters. The van der Waals surface area contributed by atoms with Crippen molar-refractivity contribution in [2.45, 2.75) is 45.6 Å². The van der Waals surface area contributed by atoms with E-state index in [0.717, 1.165) is 42.2 Å². The molecule has 4 rings (SSSR count). The van der Waals surface area contributed by atoms with E-state index in [1.165, 1.54) is 18.4 Å². The van der Waals surface area contributed by atoms with Gasteiger partial charge in [0.1, 0.15) is 5.82 Å². The average Bonchev–Trinajstić information content (AvgIpc) is 3.50. The highest BCUT2D eigenvalue weighted by Gasteiger charge is 2.24. The van der Waals surface area contributed by atoms with Crippen LogP contribution < -0.4 is 19.5 Å². The lowest BCUT2D eigenvalue weighted by atomic mass is 10.1. The summed E-state index contributed by atoms with van der Waals surface area (Å²) in [4.78, 5) is 9.52. The number of rotatable bonds is 10. The third kappa shape index (κ3) is 4.13. The van der Waals surface area contributed by atoms with Crippen LogP contribution in [0.4, 0.5) is 5.95 Å². The minimum atomic E-state index is 0.534. The number of ether oxygens (including phenoxy) is 3. The fourth-order valence-electron chi connectivity index (χ4n) is 3.61. The molecular formula is C22H29N5O3. The van der Waals surface area contributed by atoms with Crippen molar-refractivity contribution in [2.75, 3.05) is 26.6 Å². The van der Waals surface area contributed by atoms with Crippen LogP contribution in [0.25, 0.3) is 5.65 Å². The first kappa shape index (κ1) is 20.3. The Morgan fingerprint density at radius 2 is 1.80 bits per heavy atom. The molecule has 0 spiro atoms. The summed E-state index contributed by atoms with van der Waals surface area (Å²) in [5.41, 5.74) is 3.10. The van der Waals surface area contributed by atoms with Crippen molar-refractivity contribution in [1.29, 1.82) is 0 Å². The minimum absolute atomic E-state index is 0.534. The number of methoxy groups -OCH3 is 3. The molecule has 8 heteroatoms.